The maximum absolute atomic E-state index is 13.1. The summed E-state index contributed by atoms with van der Waals surface area (Å²) < 4.78 is 13.1. The van der Waals surface area contributed by atoms with Crippen LogP contribution in [0.5, 0.6) is 0 Å². The first kappa shape index (κ1) is 11.6. The van der Waals surface area contributed by atoms with Gasteiger partial charge in [0, 0.05) is 11.5 Å². The minimum atomic E-state index is -0.404. The highest BCUT2D eigenvalue weighted by Crippen LogP contribution is 2.34. The predicted octanol–water partition coefficient (Wildman–Crippen LogP) is 4.10. The number of carbonyl (C=O) groups is 1. The first-order valence-corrected chi connectivity index (χ1v) is 5.95. The van der Waals surface area contributed by atoms with Crippen LogP contribution in [-0.2, 0) is 0 Å². The van der Waals surface area contributed by atoms with Gasteiger partial charge in [-0.2, -0.15) is 0 Å². The van der Waals surface area contributed by atoms with E-state index >= 15 is 0 Å². The van der Waals surface area contributed by atoms with Crippen LogP contribution < -0.4 is 0 Å². The molecule has 1 aromatic rings. The van der Waals surface area contributed by atoms with Gasteiger partial charge in [-0.15, -0.1) is 0 Å². The van der Waals surface area contributed by atoms with Gasteiger partial charge in [-0.1, -0.05) is 18.5 Å². The zero-order valence-corrected chi connectivity index (χ0v) is 9.93. The quantitative estimate of drug-likeness (QED) is 0.712. The van der Waals surface area contributed by atoms with Crippen LogP contribution in [0.3, 0.4) is 0 Å². The molecule has 1 aliphatic rings. The van der Waals surface area contributed by atoms with E-state index in [0.717, 1.165) is 19.3 Å². The Labute approximate surface area is 99.6 Å². The molecule has 16 heavy (non-hydrogen) atoms. The van der Waals surface area contributed by atoms with Gasteiger partial charge in [0.2, 0.25) is 0 Å². The molecule has 0 radical (unpaired) electrons. The fourth-order valence-electron chi connectivity index (χ4n) is 2.35. The molecule has 86 valence electrons. The Morgan fingerprint density at radius 1 is 1.44 bits per heavy atom. The van der Waals surface area contributed by atoms with Crippen molar-refractivity contribution in [2.45, 2.75) is 26.2 Å². The van der Waals surface area contributed by atoms with Crippen LogP contribution in [-0.4, -0.2) is 5.78 Å². The van der Waals surface area contributed by atoms with Crippen LogP contribution in [0.1, 0.15) is 36.5 Å². The Kier molecular flexibility index (Phi) is 3.29. The first-order valence-electron chi connectivity index (χ1n) is 5.57. The van der Waals surface area contributed by atoms with Crippen molar-refractivity contribution in [1.29, 1.82) is 0 Å². The summed E-state index contributed by atoms with van der Waals surface area (Å²) in [5.74, 6) is 0.197. The molecular weight excluding hydrogens is 227 g/mol. The summed E-state index contributed by atoms with van der Waals surface area (Å²) >= 11 is 5.92. The fraction of sp³-hybridized carbons (Fsp3) is 0.462. The lowest BCUT2D eigenvalue weighted by atomic mass is 9.95. The normalized spacial score (nSPS) is 24.7. The molecule has 0 spiro atoms. The number of halogens is 2. The predicted molar refractivity (Wildman–Crippen MR) is 62.2 cm³/mol. The van der Waals surface area contributed by atoms with Crippen molar-refractivity contribution in [3.8, 4) is 0 Å². The lowest BCUT2D eigenvalue weighted by molar-refractivity contribution is 0.0920. The summed E-state index contributed by atoms with van der Waals surface area (Å²) in [4.78, 5) is 12.1. The molecule has 0 heterocycles. The average molecular weight is 241 g/mol. The zero-order valence-electron chi connectivity index (χ0n) is 9.17. The Morgan fingerprint density at radius 3 is 2.81 bits per heavy atom. The topological polar surface area (TPSA) is 17.1 Å². The third-order valence-electron chi connectivity index (χ3n) is 3.26. The van der Waals surface area contributed by atoms with Crippen LogP contribution in [0, 0.1) is 17.7 Å². The molecule has 0 N–H and O–H groups in total. The number of carbonyl (C=O) groups excluding carboxylic acids is 1. The molecule has 0 amide bonds. The van der Waals surface area contributed by atoms with Gasteiger partial charge >= 0.3 is 0 Å². The highest BCUT2D eigenvalue weighted by molar-refractivity contribution is 6.34. The summed E-state index contributed by atoms with van der Waals surface area (Å²) in [6, 6.07) is 3.96. The maximum atomic E-state index is 13.1. The Hall–Kier alpha value is -0.890. The molecule has 1 aliphatic carbocycles. The molecule has 2 unspecified atom stereocenters. The Morgan fingerprint density at radius 2 is 2.19 bits per heavy atom. The van der Waals surface area contributed by atoms with E-state index in [1.807, 2.05) is 0 Å². The molecule has 2 atom stereocenters. The van der Waals surface area contributed by atoms with E-state index < -0.39 is 5.82 Å². The number of hydrogen-bond donors (Lipinski definition) is 0. The second kappa shape index (κ2) is 4.54. The zero-order chi connectivity index (χ0) is 11.7. The molecule has 0 aliphatic heterocycles. The van der Waals surface area contributed by atoms with Crippen molar-refractivity contribution in [1.82, 2.24) is 0 Å². The number of Topliss-reactive ketones (excluding diaryl/α,β-unsaturated/α-hetero) is 1. The fourth-order valence-corrected chi connectivity index (χ4v) is 2.56. The van der Waals surface area contributed by atoms with E-state index in [-0.39, 0.29) is 11.7 Å². The van der Waals surface area contributed by atoms with Gasteiger partial charge in [0.25, 0.3) is 0 Å². The van der Waals surface area contributed by atoms with Crippen LogP contribution in [0.25, 0.3) is 0 Å². The van der Waals surface area contributed by atoms with Crippen LogP contribution in [0.2, 0.25) is 5.02 Å². The van der Waals surface area contributed by atoms with E-state index in [9.17, 15) is 9.18 Å². The highest BCUT2D eigenvalue weighted by atomic mass is 35.5. The van der Waals surface area contributed by atoms with E-state index in [2.05, 4.69) is 6.92 Å². The lowest BCUT2D eigenvalue weighted by Gasteiger charge is -2.09. The summed E-state index contributed by atoms with van der Waals surface area (Å²) in [6.45, 7) is 2.14. The average Bonchev–Trinajstić information content (AvgIpc) is 2.67. The van der Waals surface area contributed by atoms with E-state index in [1.165, 1.54) is 18.2 Å². The summed E-state index contributed by atoms with van der Waals surface area (Å²) in [5.41, 5.74) is 0.334. The number of hydrogen-bond acceptors (Lipinski definition) is 1. The van der Waals surface area contributed by atoms with Crippen molar-refractivity contribution in [3.05, 3.63) is 34.6 Å². The standard InChI is InChI=1S/C13H14ClFO/c1-8-2-3-9(6-8)13(16)11-7-10(15)4-5-12(11)14/h4-5,7-9H,2-3,6H2,1H3. The minimum Gasteiger partial charge on any atom is -0.294 e. The molecule has 0 aromatic heterocycles. The molecule has 1 nitrogen and oxygen atoms in total. The Balaban J connectivity index is 2.23. The smallest absolute Gasteiger partial charge is 0.167 e. The first-order chi connectivity index (χ1) is 7.58. The van der Waals surface area contributed by atoms with Crippen molar-refractivity contribution in [2.24, 2.45) is 11.8 Å². The molecule has 2 rings (SSSR count). The van der Waals surface area contributed by atoms with Gasteiger partial charge in [0.15, 0.2) is 5.78 Å². The van der Waals surface area contributed by atoms with Gasteiger partial charge < -0.3 is 0 Å². The van der Waals surface area contributed by atoms with Crippen molar-refractivity contribution >= 4 is 17.4 Å². The molecule has 1 fully saturated rings. The SMILES string of the molecule is CC1CCC(C(=O)c2cc(F)ccc2Cl)C1. The molecule has 1 aromatic carbocycles. The van der Waals surface area contributed by atoms with Gasteiger partial charge in [-0.3, -0.25) is 4.79 Å². The largest absolute Gasteiger partial charge is 0.294 e. The van der Waals surface area contributed by atoms with Gasteiger partial charge in [-0.25, -0.2) is 4.39 Å². The third-order valence-corrected chi connectivity index (χ3v) is 3.59. The number of benzene rings is 1. The Bertz CT molecular complexity index is 416. The van der Waals surface area contributed by atoms with Crippen LogP contribution >= 0.6 is 11.6 Å². The summed E-state index contributed by atoms with van der Waals surface area (Å²) in [5, 5.41) is 0.353. The lowest BCUT2D eigenvalue weighted by Crippen LogP contribution is -2.12. The van der Waals surface area contributed by atoms with Crippen LogP contribution in [0.15, 0.2) is 18.2 Å². The second-order valence-electron chi connectivity index (χ2n) is 4.60. The minimum absolute atomic E-state index is 0.00569. The maximum Gasteiger partial charge on any atom is 0.167 e. The van der Waals surface area contributed by atoms with Gasteiger partial charge in [-0.05, 0) is 43.4 Å². The monoisotopic (exact) mass is 240 g/mol. The summed E-state index contributed by atoms with van der Waals surface area (Å²) in [6.07, 6.45) is 2.86. The van der Waals surface area contributed by atoms with Crippen molar-refractivity contribution in [2.75, 3.05) is 0 Å². The van der Waals surface area contributed by atoms with E-state index in [1.54, 1.807) is 0 Å². The molecule has 1 saturated carbocycles. The van der Waals surface area contributed by atoms with Crippen molar-refractivity contribution in [3.63, 3.8) is 0 Å². The summed E-state index contributed by atoms with van der Waals surface area (Å²) in [7, 11) is 0. The van der Waals surface area contributed by atoms with Crippen molar-refractivity contribution < 1.29 is 9.18 Å². The second-order valence-corrected chi connectivity index (χ2v) is 5.01. The molecular formula is C13H14ClFO. The third kappa shape index (κ3) is 2.27. The number of ketones is 1. The number of rotatable bonds is 2. The van der Waals surface area contributed by atoms with E-state index in [0.29, 0.717) is 16.5 Å². The molecule has 0 saturated heterocycles. The van der Waals surface area contributed by atoms with Gasteiger partial charge in [0.05, 0.1) is 5.02 Å². The molecule has 3 heteroatoms. The highest BCUT2D eigenvalue weighted by Gasteiger charge is 2.29. The van der Waals surface area contributed by atoms with Crippen LogP contribution in [0.4, 0.5) is 4.39 Å². The van der Waals surface area contributed by atoms with E-state index in [4.69, 9.17) is 11.6 Å². The van der Waals surface area contributed by atoms with Gasteiger partial charge in [0.1, 0.15) is 5.82 Å². The molecule has 0 bridgehead atoms.